The molecule has 1 heterocycles. The summed E-state index contributed by atoms with van der Waals surface area (Å²) in [5.74, 6) is -0.00689. The van der Waals surface area contributed by atoms with E-state index in [-0.39, 0.29) is 5.91 Å². The Morgan fingerprint density at radius 2 is 2.43 bits per heavy atom. The molecule has 1 aromatic rings. The standard InChI is InChI=1S/C9H16N4O/c1-3-13-7-12-5-8(13)4-11-6-9(14)10-2/h5,7,11H,3-4,6H2,1-2H3,(H,10,14). The maximum absolute atomic E-state index is 10.9. The molecule has 0 fully saturated rings. The van der Waals surface area contributed by atoms with Crippen LogP contribution < -0.4 is 10.6 Å². The average molecular weight is 196 g/mol. The topological polar surface area (TPSA) is 59.0 Å². The Balaban J connectivity index is 2.34. The normalized spacial score (nSPS) is 10.1. The van der Waals surface area contributed by atoms with Gasteiger partial charge in [0.1, 0.15) is 0 Å². The summed E-state index contributed by atoms with van der Waals surface area (Å²) in [4.78, 5) is 14.9. The van der Waals surface area contributed by atoms with Gasteiger partial charge in [-0.15, -0.1) is 0 Å². The highest BCUT2D eigenvalue weighted by atomic mass is 16.1. The van der Waals surface area contributed by atoms with E-state index in [0.717, 1.165) is 12.2 Å². The molecule has 0 unspecified atom stereocenters. The molecule has 0 aliphatic carbocycles. The summed E-state index contributed by atoms with van der Waals surface area (Å²) in [5.41, 5.74) is 1.09. The second-order valence-electron chi connectivity index (χ2n) is 2.95. The summed E-state index contributed by atoms with van der Waals surface area (Å²) in [6.45, 7) is 3.97. The van der Waals surface area contributed by atoms with E-state index in [1.54, 1.807) is 19.6 Å². The molecule has 0 bridgehead atoms. The summed E-state index contributed by atoms with van der Waals surface area (Å²) in [6, 6.07) is 0. The number of hydrogen-bond donors (Lipinski definition) is 2. The fraction of sp³-hybridized carbons (Fsp3) is 0.556. The van der Waals surface area contributed by atoms with Gasteiger partial charge in [-0.2, -0.15) is 0 Å². The summed E-state index contributed by atoms with van der Waals surface area (Å²) in [7, 11) is 1.63. The molecule has 0 aromatic carbocycles. The molecule has 0 spiro atoms. The van der Waals surface area contributed by atoms with Crippen LogP contribution in [-0.4, -0.2) is 29.1 Å². The number of nitrogens with zero attached hydrogens (tertiary/aromatic N) is 2. The van der Waals surface area contributed by atoms with Crippen molar-refractivity contribution in [1.82, 2.24) is 20.2 Å². The minimum atomic E-state index is -0.00689. The number of imidazole rings is 1. The van der Waals surface area contributed by atoms with Crippen LogP contribution in [0.3, 0.4) is 0 Å². The van der Waals surface area contributed by atoms with Gasteiger partial charge in [-0.05, 0) is 6.92 Å². The molecule has 0 saturated heterocycles. The number of likely N-dealkylation sites (N-methyl/N-ethyl adjacent to an activating group) is 1. The second-order valence-corrected chi connectivity index (χ2v) is 2.95. The average Bonchev–Trinajstić information content (AvgIpc) is 2.65. The van der Waals surface area contributed by atoms with Crippen LogP contribution in [0.1, 0.15) is 12.6 Å². The van der Waals surface area contributed by atoms with Gasteiger partial charge in [0, 0.05) is 26.3 Å². The van der Waals surface area contributed by atoms with Gasteiger partial charge in [0.05, 0.1) is 18.6 Å². The predicted molar refractivity (Wildman–Crippen MR) is 53.7 cm³/mol. The van der Waals surface area contributed by atoms with Crippen molar-refractivity contribution in [3.63, 3.8) is 0 Å². The van der Waals surface area contributed by atoms with Gasteiger partial charge in [-0.1, -0.05) is 0 Å². The number of carbonyl (C=O) groups excluding carboxylic acids is 1. The van der Waals surface area contributed by atoms with E-state index in [4.69, 9.17) is 0 Å². The largest absolute Gasteiger partial charge is 0.358 e. The van der Waals surface area contributed by atoms with Crippen LogP contribution in [0.5, 0.6) is 0 Å². The first-order chi connectivity index (χ1) is 6.77. The van der Waals surface area contributed by atoms with Crippen molar-refractivity contribution in [3.05, 3.63) is 18.2 Å². The van der Waals surface area contributed by atoms with Crippen molar-refractivity contribution >= 4 is 5.91 Å². The molecule has 0 saturated carbocycles. The second kappa shape index (κ2) is 5.39. The Bertz CT molecular complexity index is 295. The zero-order valence-electron chi connectivity index (χ0n) is 8.58. The summed E-state index contributed by atoms with van der Waals surface area (Å²) in [5, 5.41) is 5.59. The lowest BCUT2D eigenvalue weighted by molar-refractivity contribution is -0.119. The third-order valence-corrected chi connectivity index (χ3v) is 2.01. The Labute approximate surface area is 83.5 Å². The number of carbonyl (C=O) groups is 1. The number of aryl methyl sites for hydroxylation is 1. The molecule has 1 amide bonds. The Morgan fingerprint density at radius 3 is 3.07 bits per heavy atom. The minimum absolute atomic E-state index is 0.00689. The smallest absolute Gasteiger partial charge is 0.233 e. The van der Waals surface area contributed by atoms with Gasteiger partial charge in [0.15, 0.2) is 0 Å². The first kappa shape index (κ1) is 10.7. The molecule has 0 atom stereocenters. The highest BCUT2D eigenvalue weighted by Crippen LogP contribution is 1.97. The lowest BCUT2D eigenvalue weighted by Crippen LogP contribution is -2.31. The maximum Gasteiger partial charge on any atom is 0.233 e. The SMILES string of the molecule is CCn1cncc1CNCC(=O)NC. The number of amides is 1. The van der Waals surface area contributed by atoms with E-state index in [0.29, 0.717) is 13.1 Å². The zero-order valence-corrected chi connectivity index (χ0v) is 8.58. The van der Waals surface area contributed by atoms with Crippen LogP contribution in [0.15, 0.2) is 12.5 Å². The Morgan fingerprint density at radius 1 is 1.64 bits per heavy atom. The monoisotopic (exact) mass is 196 g/mol. The lowest BCUT2D eigenvalue weighted by Gasteiger charge is -2.05. The number of hydrogen-bond acceptors (Lipinski definition) is 3. The fourth-order valence-corrected chi connectivity index (χ4v) is 1.17. The van der Waals surface area contributed by atoms with E-state index in [1.807, 2.05) is 4.57 Å². The van der Waals surface area contributed by atoms with E-state index in [2.05, 4.69) is 22.5 Å². The van der Waals surface area contributed by atoms with E-state index < -0.39 is 0 Å². The Kier molecular flexibility index (Phi) is 4.12. The van der Waals surface area contributed by atoms with E-state index in [1.165, 1.54) is 0 Å². The van der Waals surface area contributed by atoms with Crippen LogP contribution in [0, 0.1) is 0 Å². The number of rotatable bonds is 5. The van der Waals surface area contributed by atoms with E-state index in [9.17, 15) is 4.79 Å². The molecule has 0 aliphatic heterocycles. The molecular formula is C9H16N4O. The third kappa shape index (κ3) is 2.85. The van der Waals surface area contributed by atoms with Crippen molar-refractivity contribution < 1.29 is 4.79 Å². The molecular weight excluding hydrogens is 180 g/mol. The minimum Gasteiger partial charge on any atom is -0.358 e. The van der Waals surface area contributed by atoms with E-state index >= 15 is 0 Å². The fourth-order valence-electron chi connectivity index (χ4n) is 1.17. The molecule has 0 radical (unpaired) electrons. The van der Waals surface area contributed by atoms with Crippen LogP contribution >= 0.6 is 0 Å². The van der Waals surface area contributed by atoms with Gasteiger partial charge in [-0.25, -0.2) is 4.98 Å². The molecule has 1 rings (SSSR count). The first-order valence-electron chi connectivity index (χ1n) is 4.68. The van der Waals surface area contributed by atoms with Crippen molar-refractivity contribution in [1.29, 1.82) is 0 Å². The molecule has 78 valence electrons. The summed E-state index contributed by atoms with van der Waals surface area (Å²) >= 11 is 0. The summed E-state index contributed by atoms with van der Waals surface area (Å²) < 4.78 is 2.04. The van der Waals surface area contributed by atoms with Gasteiger partial charge in [0.2, 0.25) is 5.91 Å². The maximum atomic E-state index is 10.9. The molecule has 2 N–H and O–H groups in total. The molecule has 14 heavy (non-hydrogen) atoms. The highest BCUT2D eigenvalue weighted by molar-refractivity contribution is 5.77. The van der Waals surface area contributed by atoms with Crippen molar-refractivity contribution in [2.75, 3.05) is 13.6 Å². The van der Waals surface area contributed by atoms with Gasteiger partial charge < -0.3 is 15.2 Å². The van der Waals surface area contributed by atoms with Crippen LogP contribution in [-0.2, 0) is 17.9 Å². The first-order valence-corrected chi connectivity index (χ1v) is 4.68. The van der Waals surface area contributed by atoms with Crippen molar-refractivity contribution in [2.24, 2.45) is 0 Å². The molecule has 1 aromatic heterocycles. The van der Waals surface area contributed by atoms with Crippen LogP contribution in [0.2, 0.25) is 0 Å². The highest BCUT2D eigenvalue weighted by Gasteiger charge is 2.01. The lowest BCUT2D eigenvalue weighted by atomic mass is 10.4. The Hall–Kier alpha value is -1.36. The number of nitrogens with one attached hydrogen (secondary N) is 2. The van der Waals surface area contributed by atoms with Crippen molar-refractivity contribution in [2.45, 2.75) is 20.0 Å². The molecule has 5 nitrogen and oxygen atoms in total. The van der Waals surface area contributed by atoms with Gasteiger partial charge in [0.25, 0.3) is 0 Å². The van der Waals surface area contributed by atoms with Crippen LogP contribution in [0.25, 0.3) is 0 Å². The quantitative estimate of drug-likeness (QED) is 0.682. The predicted octanol–water partition coefficient (Wildman–Crippen LogP) is -0.261. The van der Waals surface area contributed by atoms with Gasteiger partial charge >= 0.3 is 0 Å². The molecule has 0 aliphatic rings. The van der Waals surface area contributed by atoms with Crippen LogP contribution in [0.4, 0.5) is 0 Å². The van der Waals surface area contributed by atoms with Gasteiger partial charge in [-0.3, -0.25) is 4.79 Å². The third-order valence-electron chi connectivity index (χ3n) is 2.01. The zero-order chi connectivity index (χ0) is 10.4. The summed E-state index contributed by atoms with van der Waals surface area (Å²) in [6.07, 6.45) is 3.59. The molecule has 5 heteroatoms. The van der Waals surface area contributed by atoms with Crippen molar-refractivity contribution in [3.8, 4) is 0 Å². The number of aromatic nitrogens is 2.